The Morgan fingerprint density at radius 2 is 1.77 bits per heavy atom. The van der Waals surface area contributed by atoms with Crippen LogP contribution in [-0.4, -0.2) is 48.2 Å². The van der Waals surface area contributed by atoms with Crippen molar-refractivity contribution in [2.24, 2.45) is 5.92 Å². The van der Waals surface area contributed by atoms with E-state index in [1.165, 1.54) is 12.1 Å². The zero-order valence-electron chi connectivity index (χ0n) is 26.0. The van der Waals surface area contributed by atoms with E-state index in [-0.39, 0.29) is 36.8 Å². The number of hydrogen-bond acceptors (Lipinski definition) is 4. The number of rotatable bonds is 14. The number of carbonyl (C=O) groups is 1. The molecule has 0 spiro atoms. The number of amides is 1. The van der Waals surface area contributed by atoms with Gasteiger partial charge in [-0.05, 0) is 105 Å². The van der Waals surface area contributed by atoms with Crippen molar-refractivity contribution < 1.29 is 18.7 Å². The molecule has 0 aromatic heterocycles. The van der Waals surface area contributed by atoms with Crippen LogP contribution >= 0.6 is 12.4 Å². The van der Waals surface area contributed by atoms with Crippen LogP contribution in [0.15, 0.2) is 60.7 Å². The number of benzene rings is 3. The minimum atomic E-state index is -1.03. The van der Waals surface area contributed by atoms with E-state index in [2.05, 4.69) is 48.4 Å². The Morgan fingerprint density at radius 1 is 1.07 bits per heavy atom. The first-order valence-electron chi connectivity index (χ1n) is 15.0. The molecule has 3 N–H and O–H groups in total. The Labute approximate surface area is 266 Å². The van der Waals surface area contributed by atoms with Crippen molar-refractivity contribution in [3.05, 3.63) is 106 Å². The van der Waals surface area contributed by atoms with E-state index in [4.69, 9.17) is 6.42 Å². The maximum absolute atomic E-state index is 14.0. The second kappa shape index (κ2) is 15.6. The van der Waals surface area contributed by atoms with Crippen LogP contribution in [0, 0.1) is 36.8 Å². The monoisotopic (exact) mass is 623 g/mol. The Kier molecular flexibility index (Phi) is 12.5. The van der Waals surface area contributed by atoms with E-state index in [0.717, 1.165) is 54.1 Å². The van der Waals surface area contributed by atoms with Gasteiger partial charge in [0.2, 0.25) is 0 Å². The maximum atomic E-state index is 14.0. The minimum Gasteiger partial charge on any atom is -0.390 e. The zero-order valence-corrected chi connectivity index (χ0v) is 26.8. The van der Waals surface area contributed by atoms with E-state index in [9.17, 15) is 18.7 Å². The number of nitrogens with one attached hydrogen (secondary N) is 2. The van der Waals surface area contributed by atoms with Crippen molar-refractivity contribution in [3.63, 3.8) is 0 Å². The van der Waals surface area contributed by atoms with Crippen molar-refractivity contribution in [3.8, 4) is 12.3 Å². The maximum Gasteiger partial charge on any atom is 0.251 e. The molecule has 4 rings (SSSR count). The van der Waals surface area contributed by atoms with E-state index in [1.807, 2.05) is 43.3 Å². The van der Waals surface area contributed by atoms with Gasteiger partial charge in [-0.15, -0.1) is 18.8 Å². The van der Waals surface area contributed by atoms with Crippen LogP contribution in [0.3, 0.4) is 0 Å². The third-order valence-electron chi connectivity index (χ3n) is 8.08. The average Bonchev–Trinajstić information content (AvgIpc) is 3.75. The van der Waals surface area contributed by atoms with Crippen LogP contribution in [0.2, 0.25) is 0 Å². The topological polar surface area (TPSA) is 64.6 Å². The molecule has 0 heterocycles. The summed E-state index contributed by atoms with van der Waals surface area (Å²) in [6.45, 7) is 8.17. The van der Waals surface area contributed by atoms with Crippen LogP contribution in [0.5, 0.6) is 0 Å². The highest BCUT2D eigenvalue weighted by atomic mass is 35.5. The standard InChI is InChI=1S/C36H43F2N3O2.ClH/c1-6-26-8-7-9-30(17-26)36(11-12-36)39-22-34(42)33(20-27-18-31(37)21-32(38)19-27)40-35(43)29-15-25(4)14-28(16-29)23-41(5)13-10-24(2)3;/h1,7-9,14-19,21,24,33-34,39,42H,10-13,20,22-23H2,2-5H3,(H,40,43);1H/t33-,34+;/m0./s1. The second-order valence-corrected chi connectivity index (χ2v) is 12.4. The molecule has 3 aromatic rings. The number of aliphatic hydroxyl groups is 1. The summed E-state index contributed by atoms with van der Waals surface area (Å²) in [5.41, 5.74) is 4.33. The van der Waals surface area contributed by atoms with Gasteiger partial charge in [0.15, 0.2) is 0 Å². The molecule has 0 unspecified atom stereocenters. The Hall–Kier alpha value is -3.28. The molecule has 8 heteroatoms. The fourth-order valence-electron chi connectivity index (χ4n) is 5.51. The van der Waals surface area contributed by atoms with Gasteiger partial charge in [-0.2, -0.15) is 0 Å². The molecule has 1 aliphatic carbocycles. The SMILES string of the molecule is C#Cc1cccc(C2(NC[C@@H](O)[C@H](Cc3cc(F)cc(F)c3)NC(=O)c3cc(C)cc(CN(C)CCC(C)C)c3)CC2)c1.Cl. The quantitative estimate of drug-likeness (QED) is 0.189. The molecule has 2 atom stereocenters. The fourth-order valence-corrected chi connectivity index (χ4v) is 5.51. The molecule has 0 aliphatic heterocycles. The van der Waals surface area contributed by atoms with Gasteiger partial charge >= 0.3 is 0 Å². The average molecular weight is 624 g/mol. The highest BCUT2D eigenvalue weighted by Gasteiger charge is 2.44. The van der Waals surface area contributed by atoms with Crippen molar-refractivity contribution in [2.75, 3.05) is 20.1 Å². The second-order valence-electron chi connectivity index (χ2n) is 12.4. The minimum absolute atomic E-state index is 0. The molecule has 1 fully saturated rings. The number of aryl methyl sites for hydroxylation is 1. The third-order valence-corrected chi connectivity index (χ3v) is 8.08. The van der Waals surface area contributed by atoms with E-state index >= 15 is 0 Å². The first-order chi connectivity index (χ1) is 20.5. The lowest BCUT2D eigenvalue weighted by Crippen LogP contribution is -2.50. The summed E-state index contributed by atoms with van der Waals surface area (Å²) in [7, 11) is 2.07. The van der Waals surface area contributed by atoms with Crippen LogP contribution in [0.4, 0.5) is 8.78 Å². The van der Waals surface area contributed by atoms with Crippen LogP contribution in [0.25, 0.3) is 0 Å². The third kappa shape index (κ3) is 9.87. The molecule has 3 aromatic carbocycles. The lowest BCUT2D eigenvalue weighted by atomic mass is 9.98. The highest BCUT2D eigenvalue weighted by molar-refractivity contribution is 5.94. The summed E-state index contributed by atoms with van der Waals surface area (Å²) in [6.07, 6.45) is 7.47. The summed E-state index contributed by atoms with van der Waals surface area (Å²) in [5.74, 6) is 1.51. The van der Waals surface area contributed by atoms with Gasteiger partial charge < -0.3 is 20.6 Å². The van der Waals surface area contributed by atoms with Crippen LogP contribution in [-0.2, 0) is 18.5 Å². The Morgan fingerprint density at radius 3 is 2.41 bits per heavy atom. The predicted octanol–water partition coefficient (Wildman–Crippen LogP) is 6.14. The van der Waals surface area contributed by atoms with Crippen molar-refractivity contribution in [1.82, 2.24) is 15.5 Å². The highest BCUT2D eigenvalue weighted by Crippen LogP contribution is 2.45. The van der Waals surface area contributed by atoms with Crippen molar-refractivity contribution >= 4 is 18.3 Å². The van der Waals surface area contributed by atoms with Gasteiger partial charge in [0.1, 0.15) is 11.6 Å². The van der Waals surface area contributed by atoms with Gasteiger partial charge in [-0.1, -0.05) is 43.5 Å². The predicted molar refractivity (Wildman–Crippen MR) is 175 cm³/mol. The van der Waals surface area contributed by atoms with E-state index < -0.39 is 23.8 Å². The van der Waals surface area contributed by atoms with Gasteiger partial charge in [-0.3, -0.25) is 4.79 Å². The molecular weight excluding hydrogens is 580 g/mol. The number of nitrogens with zero attached hydrogens (tertiary/aromatic N) is 1. The molecule has 0 saturated heterocycles. The van der Waals surface area contributed by atoms with E-state index in [0.29, 0.717) is 23.6 Å². The zero-order chi connectivity index (χ0) is 31.1. The van der Waals surface area contributed by atoms with Gasteiger partial charge in [-0.25, -0.2) is 8.78 Å². The largest absolute Gasteiger partial charge is 0.390 e. The number of halogens is 3. The number of aliphatic hydroxyl groups excluding tert-OH is 1. The summed E-state index contributed by atoms with van der Waals surface area (Å²) >= 11 is 0. The summed E-state index contributed by atoms with van der Waals surface area (Å²) in [6, 6.07) is 16.0. The number of terminal acetylenes is 1. The molecular formula is C36H44ClF2N3O2. The van der Waals surface area contributed by atoms with Crippen LogP contribution < -0.4 is 10.6 Å². The van der Waals surface area contributed by atoms with Crippen molar-refractivity contribution in [2.45, 2.75) is 70.7 Å². The van der Waals surface area contributed by atoms with E-state index in [1.54, 1.807) is 0 Å². The number of hydrogen-bond donors (Lipinski definition) is 3. The van der Waals surface area contributed by atoms with Crippen molar-refractivity contribution in [1.29, 1.82) is 0 Å². The molecule has 0 bridgehead atoms. The molecule has 1 saturated carbocycles. The first-order valence-corrected chi connectivity index (χ1v) is 15.0. The first kappa shape index (κ1) is 35.2. The lowest BCUT2D eigenvalue weighted by molar-refractivity contribution is 0.0821. The molecule has 0 radical (unpaired) electrons. The Balaban J connectivity index is 0.00000529. The molecule has 236 valence electrons. The normalized spacial score (nSPS) is 14.9. The van der Waals surface area contributed by atoms with Gasteiger partial charge in [0, 0.05) is 35.8 Å². The molecule has 1 amide bonds. The summed E-state index contributed by atoms with van der Waals surface area (Å²) < 4.78 is 28.1. The van der Waals surface area contributed by atoms with Gasteiger partial charge in [0.25, 0.3) is 5.91 Å². The Bertz CT molecular complexity index is 1450. The fraction of sp³-hybridized carbons (Fsp3) is 0.417. The smallest absolute Gasteiger partial charge is 0.251 e. The summed E-state index contributed by atoms with van der Waals surface area (Å²) in [4.78, 5) is 15.8. The lowest BCUT2D eigenvalue weighted by Gasteiger charge is -2.27. The summed E-state index contributed by atoms with van der Waals surface area (Å²) in [5, 5.41) is 17.8. The molecule has 1 aliphatic rings. The van der Waals surface area contributed by atoms with Crippen LogP contribution in [0.1, 0.15) is 71.3 Å². The molecule has 44 heavy (non-hydrogen) atoms. The molecule has 5 nitrogen and oxygen atoms in total. The van der Waals surface area contributed by atoms with Gasteiger partial charge in [0.05, 0.1) is 12.1 Å². The number of carbonyl (C=O) groups excluding carboxylic acids is 1.